The third-order valence-electron chi connectivity index (χ3n) is 3.50. The van der Waals surface area contributed by atoms with Crippen molar-refractivity contribution in [1.82, 2.24) is 0 Å². The zero-order valence-corrected chi connectivity index (χ0v) is 10.6. The Hall–Kier alpha value is -1.82. The van der Waals surface area contributed by atoms with Gasteiger partial charge in [-0.25, -0.2) is 0 Å². The molecule has 1 aliphatic carbocycles. The van der Waals surface area contributed by atoms with E-state index >= 15 is 0 Å². The third kappa shape index (κ3) is 2.89. The molecule has 1 aromatic carbocycles. The van der Waals surface area contributed by atoms with Crippen molar-refractivity contribution in [2.24, 2.45) is 5.92 Å². The lowest BCUT2D eigenvalue weighted by molar-refractivity contribution is 0.101. The summed E-state index contributed by atoms with van der Waals surface area (Å²) in [6.07, 6.45) is 4.95. The van der Waals surface area contributed by atoms with Crippen LogP contribution >= 0.6 is 0 Å². The lowest BCUT2D eigenvalue weighted by Crippen LogP contribution is -2.15. The molecule has 0 aromatic heterocycles. The molecule has 0 radical (unpaired) electrons. The maximum absolute atomic E-state index is 11.5. The zero-order valence-electron chi connectivity index (χ0n) is 10.6. The molecule has 18 heavy (non-hydrogen) atoms. The summed E-state index contributed by atoms with van der Waals surface area (Å²) in [4.78, 5) is 11.5. The molecule has 0 N–H and O–H groups in total. The van der Waals surface area contributed by atoms with E-state index in [2.05, 4.69) is 6.07 Å². The van der Waals surface area contributed by atoms with Gasteiger partial charge in [-0.15, -0.1) is 0 Å². The van der Waals surface area contributed by atoms with Gasteiger partial charge in [0.15, 0.2) is 5.78 Å². The van der Waals surface area contributed by atoms with Crippen LogP contribution in [0.15, 0.2) is 18.2 Å². The van der Waals surface area contributed by atoms with Gasteiger partial charge in [-0.3, -0.25) is 4.79 Å². The van der Waals surface area contributed by atoms with E-state index in [0.717, 1.165) is 12.3 Å². The molecule has 0 saturated heterocycles. The fourth-order valence-electron chi connectivity index (χ4n) is 2.12. The van der Waals surface area contributed by atoms with Crippen LogP contribution in [0.4, 0.5) is 0 Å². The number of ketones is 1. The molecule has 0 spiro atoms. The molecule has 3 nitrogen and oxygen atoms in total. The van der Waals surface area contributed by atoms with Crippen molar-refractivity contribution >= 4 is 5.78 Å². The Balaban J connectivity index is 2.03. The second kappa shape index (κ2) is 5.68. The van der Waals surface area contributed by atoms with Crippen LogP contribution in [0.2, 0.25) is 0 Å². The van der Waals surface area contributed by atoms with Crippen molar-refractivity contribution in [1.29, 1.82) is 5.26 Å². The lowest BCUT2D eigenvalue weighted by atomic mass is 9.83. The van der Waals surface area contributed by atoms with Gasteiger partial charge in [0.2, 0.25) is 0 Å². The first-order valence-electron chi connectivity index (χ1n) is 6.38. The van der Waals surface area contributed by atoms with Crippen molar-refractivity contribution in [3.8, 4) is 11.8 Å². The average molecular weight is 243 g/mol. The van der Waals surface area contributed by atoms with Gasteiger partial charge in [0.05, 0.1) is 23.8 Å². The monoisotopic (exact) mass is 243 g/mol. The zero-order chi connectivity index (χ0) is 13.0. The van der Waals surface area contributed by atoms with Crippen molar-refractivity contribution in [2.75, 3.05) is 6.61 Å². The molecule has 94 valence electrons. The molecule has 3 heteroatoms. The van der Waals surface area contributed by atoms with Crippen molar-refractivity contribution in [3.63, 3.8) is 0 Å². The van der Waals surface area contributed by atoms with Crippen molar-refractivity contribution < 1.29 is 9.53 Å². The Morgan fingerprint density at radius 2 is 2.28 bits per heavy atom. The summed E-state index contributed by atoms with van der Waals surface area (Å²) in [5.41, 5.74) is 1.08. The average Bonchev–Trinajstić information content (AvgIpc) is 2.31. The quantitative estimate of drug-likeness (QED) is 0.745. The van der Waals surface area contributed by atoms with Gasteiger partial charge in [0.25, 0.3) is 0 Å². The van der Waals surface area contributed by atoms with Gasteiger partial charge in [-0.2, -0.15) is 5.26 Å². The van der Waals surface area contributed by atoms with E-state index in [1.165, 1.54) is 26.2 Å². The lowest BCUT2D eigenvalue weighted by Gasteiger charge is -2.25. The van der Waals surface area contributed by atoms with E-state index in [1.54, 1.807) is 18.2 Å². The van der Waals surface area contributed by atoms with Crippen LogP contribution in [0.25, 0.3) is 0 Å². The van der Waals surface area contributed by atoms with Crippen LogP contribution in [-0.2, 0) is 0 Å². The van der Waals surface area contributed by atoms with Crippen molar-refractivity contribution in [3.05, 3.63) is 29.3 Å². The topological polar surface area (TPSA) is 50.1 Å². The molecule has 0 amide bonds. The second-order valence-electron chi connectivity index (χ2n) is 4.81. The van der Waals surface area contributed by atoms with Crippen LogP contribution in [0.3, 0.4) is 0 Å². The molecule has 1 saturated carbocycles. The van der Waals surface area contributed by atoms with Crippen LogP contribution in [-0.4, -0.2) is 12.4 Å². The van der Waals surface area contributed by atoms with Gasteiger partial charge in [0.1, 0.15) is 5.75 Å². The van der Waals surface area contributed by atoms with E-state index in [4.69, 9.17) is 10.00 Å². The van der Waals surface area contributed by atoms with Gasteiger partial charge in [-0.05, 0) is 37.5 Å². The third-order valence-corrected chi connectivity index (χ3v) is 3.50. The summed E-state index contributed by atoms with van der Waals surface area (Å²) in [6.45, 7) is 2.14. The molecule has 1 fully saturated rings. The Labute approximate surface area is 107 Å². The molecule has 1 aromatic rings. The summed E-state index contributed by atoms with van der Waals surface area (Å²) in [5.74, 6) is 1.30. The molecule has 0 heterocycles. The highest BCUT2D eigenvalue weighted by atomic mass is 16.5. The molecule has 2 rings (SSSR count). The Bertz CT molecular complexity index is 484. The largest absolute Gasteiger partial charge is 0.493 e. The SMILES string of the molecule is CC(=O)c1ccc(C#N)cc1OCCC1CCC1. The minimum absolute atomic E-state index is 0.0295. The molecule has 0 bridgehead atoms. The van der Waals surface area contributed by atoms with Gasteiger partial charge < -0.3 is 4.74 Å². The number of nitriles is 1. The molecule has 1 aliphatic rings. The summed E-state index contributed by atoms with van der Waals surface area (Å²) in [5, 5.41) is 8.86. The number of ether oxygens (including phenoxy) is 1. The predicted octanol–water partition coefficient (Wildman–Crippen LogP) is 3.33. The van der Waals surface area contributed by atoms with E-state index in [0.29, 0.717) is 23.5 Å². The Morgan fingerprint density at radius 3 is 2.83 bits per heavy atom. The second-order valence-corrected chi connectivity index (χ2v) is 4.81. The van der Waals surface area contributed by atoms with Gasteiger partial charge in [-0.1, -0.05) is 19.3 Å². The Morgan fingerprint density at radius 1 is 1.50 bits per heavy atom. The standard InChI is InChI=1S/C15H17NO2/c1-11(17)14-6-5-13(10-16)9-15(14)18-8-7-12-3-2-4-12/h5-6,9,12H,2-4,7-8H2,1H3. The molecule has 0 aliphatic heterocycles. The number of carbonyl (C=O) groups is 1. The maximum atomic E-state index is 11.5. The first kappa shape index (κ1) is 12.6. The van der Waals surface area contributed by atoms with Gasteiger partial charge >= 0.3 is 0 Å². The van der Waals surface area contributed by atoms with Crippen LogP contribution in [0.1, 0.15) is 48.5 Å². The predicted molar refractivity (Wildman–Crippen MR) is 68.6 cm³/mol. The van der Waals surface area contributed by atoms with E-state index in [1.807, 2.05) is 0 Å². The number of hydrogen-bond acceptors (Lipinski definition) is 3. The summed E-state index contributed by atoms with van der Waals surface area (Å²) in [7, 11) is 0. The van der Waals surface area contributed by atoms with Crippen LogP contribution in [0.5, 0.6) is 5.75 Å². The number of nitrogens with zero attached hydrogens (tertiary/aromatic N) is 1. The maximum Gasteiger partial charge on any atom is 0.163 e. The van der Waals surface area contributed by atoms with Crippen molar-refractivity contribution in [2.45, 2.75) is 32.6 Å². The highest BCUT2D eigenvalue weighted by molar-refractivity contribution is 5.97. The van der Waals surface area contributed by atoms with E-state index in [-0.39, 0.29) is 5.78 Å². The number of benzene rings is 1. The molecular formula is C15H17NO2. The smallest absolute Gasteiger partial charge is 0.163 e. The van der Waals surface area contributed by atoms with E-state index < -0.39 is 0 Å². The summed E-state index contributed by atoms with van der Waals surface area (Å²) in [6, 6.07) is 7.03. The summed E-state index contributed by atoms with van der Waals surface area (Å²) >= 11 is 0. The highest BCUT2D eigenvalue weighted by Crippen LogP contribution is 2.30. The Kier molecular flexibility index (Phi) is 3.99. The highest BCUT2D eigenvalue weighted by Gasteiger charge is 2.17. The molecule has 0 atom stereocenters. The fraction of sp³-hybridized carbons (Fsp3) is 0.467. The van der Waals surface area contributed by atoms with Crippen LogP contribution < -0.4 is 4.74 Å². The van der Waals surface area contributed by atoms with E-state index in [9.17, 15) is 4.79 Å². The number of carbonyl (C=O) groups excluding carboxylic acids is 1. The first-order chi connectivity index (χ1) is 8.70. The normalized spacial score (nSPS) is 14.7. The van der Waals surface area contributed by atoms with Gasteiger partial charge in [0, 0.05) is 0 Å². The minimum Gasteiger partial charge on any atom is -0.493 e. The first-order valence-corrected chi connectivity index (χ1v) is 6.38. The molecule has 0 unspecified atom stereocenters. The minimum atomic E-state index is -0.0295. The summed E-state index contributed by atoms with van der Waals surface area (Å²) < 4.78 is 5.68. The molecular weight excluding hydrogens is 226 g/mol. The van der Waals surface area contributed by atoms with Crippen LogP contribution in [0, 0.1) is 17.2 Å². The fourth-order valence-corrected chi connectivity index (χ4v) is 2.12. The number of hydrogen-bond donors (Lipinski definition) is 0. The number of Topliss-reactive ketones (excluding diaryl/α,β-unsaturated/α-hetero) is 1. The number of rotatable bonds is 5.